The van der Waals surface area contributed by atoms with Crippen LogP contribution in [-0.4, -0.2) is 23.2 Å². The highest BCUT2D eigenvalue weighted by Crippen LogP contribution is 2.24. The maximum absolute atomic E-state index is 10.9. The standard InChI is InChI=1S/C7H13NO2/c1-3-5-4-8-6(9)7(5,2)10/h5,10H,3-4H2,1-2H3,(H,8,9)/t5-,7-/m0/s1. The van der Waals surface area contributed by atoms with Crippen molar-refractivity contribution in [3.63, 3.8) is 0 Å². The molecule has 0 radical (unpaired) electrons. The van der Waals surface area contributed by atoms with Crippen LogP contribution in [0.5, 0.6) is 0 Å². The van der Waals surface area contributed by atoms with E-state index in [1.807, 2.05) is 6.92 Å². The van der Waals surface area contributed by atoms with Gasteiger partial charge < -0.3 is 10.4 Å². The Balaban J connectivity index is 2.73. The molecule has 0 unspecified atom stereocenters. The van der Waals surface area contributed by atoms with Crippen molar-refractivity contribution in [2.75, 3.05) is 6.54 Å². The van der Waals surface area contributed by atoms with Crippen LogP contribution in [0.3, 0.4) is 0 Å². The fourth-order valence-corrected chi connectivity index (χ4v) is 1.32. The summed E-state index contributed by atoms with van der Waals surface area (Å²) in [5, 5.41) is 12.1. The van der Waals surface area contributed by atoms with Crippen LogP contribution in [0, 0.1) is 5.92 Å². The van der Waals surface area contributed by atoms with Gasteiger partial charge >= 0.3 is 0 Å². The van der Waals surface area contributed by atoms with Crippen molar-refractivity contribution in [1.29, 1.82) is 0 Å². The fraction of sp³-hybridized carbons (Fsp3) is 0.857. The Morgan fingerprint density at radius 2 is 2.50 bits per heavy atom. The van der Waals surface area contributed by atoms with E-state index in [9.17, 15) is 9.90 Å². The summed E-state index contributed by atoms with van der Waals surface area (Å²) in [4.78, 5) is 10.9. The molecule has 2 atom stereocenters. The lowest BCUT2D eigenvalue weighted by Crippen LogP contribution is -2.38. The molecule has 3 heteroatoms. The molecule has 0 aromatic heterocycles. The van der Waals surface area contributed by atoms with Crippen molar-refractivity contribution < 1.29 is 9.90 Å². The monoisotopic (exact) mass is 143 g/mol. The Morgan fingerprint density at radius 1 is 1.90 bits per heavy atom. The molecule has 1 saturated heterocycles. The maximum atomic E-state index is 10.9. The van der Waals surface area contributed by atoms with E-state index in [2.05, 4.69) is 5.32 Å². The summed E-state index contributed by atoms with van der Waals surface area (Å²) in [5.74, 6) is -0.153. The normalized spacial score (nSPS) is 39.9. The Bertz CT molecular complexity index is 154. The first-order chi connectivity index (χ1) is 4.59. The molecule has 1 heterocycles. The summed E-state index contributed by atoms with van der Waals surface area (Å²) < 4.78 is 0. The van der Waals surface area contributed by atoms with Crippen LogP contribution in [0.25, 0.3) is 0 Å². The minimum Gasteiger partial charge on any atom is -0.380 e. The molecule has 58 valence electrons. The van der Waals surface area contributed by atoms with E-state index in [1.54, 1.807) is 6.92 Å². The van der Waals surface area contributed by atoms with Crippen molar-refractivity contribution in [2.45, 2.75) is 25.9 Å². The van der Waals surface area contributed by atoms with Crippen molar-refractivity contribution in [3.8, 4) is 0 Å². The van der Waals surface area contributed by atoms with Crippen LogP contribution in [0.2, 0.25) is 0 Å². The Kier molecular flexibility index (Phi) is 1.68. The van der Waals surface area contributed by atoms with Gasteiger partial charge in [-0.1, -0.05) is 6.92 Å². The SMILES string of the molecule is CC[C@H]1CNC(=O)[C@@]1(C)O. The van der Waals surface area contributed by atoms with E-state index in [4.69, 9.17) is 0 Å². The van der Waals surface area contributed by atoms with Gasteiger partial charge in [0.15, 0.2) is 0 Å². The topological polar surface area (TPSA) is 49.3 Å². The van der Waals surface area contributed by atoms with Gasteiger partial charge in [0.25, 0.3) is 5.91 Å². The summed E-state index contributed by atoms with van der Waals surface area (Å²) >= 11 is 0. The van der Waals surface area contributed by atoms with Gasteiger partial charge in [0.2, 0.25) is 0 Å². The first kappa shape index (κ1) is 7.54. The van der Waals surface area contributed by atoms with Crippen LogP contribution in [0.1, 0.15) is 20.3 Å². The lowest BCUT2D eigenvalue weighted by molar-refractivity contribution is -0.136. The summed E-state index contributed by atoms with van der Waals surface area (Å²) in [7, 11) is 0. The van der Waals surface area contributed by atoms with Gasteiger partial charge in [-0.05, 0) is 13.3 Å². The highest BCUT2D eigenvalue weighted by atomic mass is 16.3. The molecule has 1 rings (SSSR count). The van der Waals surface area contributed by atoms with Gasteiger partial charge in [-0.2, -0.15) is 0 Å². The smallest absolute Gasteiger partial charge is 0.252 e. The highest BCUT2D eigenvalue weighted by Gasteiger charge is 2.43. The average molecular weight is 143 g/mol. The second-order valence-electron chi connectivity index (χ2n) is 2.96. The summed E-state index contributed by atoms with van der Waals surface area (Å²) in [6.07, 6.45) is 0.839. The minimum atomic E-state index is -1.13. The van der Waals surface area contributed by atoms with E-state index in [0.717, 1.165) is 6.42 Å². The third-order valence-electron chi connectivity index (χ3n) is 2.26. The minimum absolute atomic E-state index is 0.0833. The fourth-order valence-electron chi connectivity index (χ4n) is 1.32. The van der Waals surface area contributed by atoms with E-state index < -0.39 is 5.60 Å². The number of aliphatic hydroxyl groups is 1. The zero-order valence-corrected chi connectivity index (χ0v) is 6.35. The summed E-state index contributed by atoms with van der Waals surface area (Å²) in [6, 6.07) is 0. The van der Waals surface area contributed by atoms with E-state index in [0.29, 0.717) is 6.54 Å². The van der Waals surface area contributed by atoms with Crippen LogP contribution in [0.4, 0.5) is 0 Å². The van der Waals surface area contributed by atoms with Crippen LogP contribution >= 0.6 is 0 Å². The molecule has 0 aliphatic carbocycles. The molecule has 10 heavy (non-hydrogen) atoms. The molecule has 1 aliphatic heterocycles. The van der Waals surface area contributed by atoms with E-state index >= 15 is 0 Å². The van der Waals surface area contributed by atoms with Crippen molar-refractivity contribution in [1.82, 2.24) is 5.32 Å². The predicted molar refractivity (Wildman–Crippen MR) is 37.4 cm³/mol. The molecule has 1 fully saturated rings. The molecule has 0 bridgehead atoms. The van der Waals surface area contributed by atoms with Crippen molar-refractivity contribution in [2.24, 2.45) is 5.92 Å². The van der Waals surface area contributed by atoms with Crippen LogP contribution < -0.4 is 5.32 Å². The zero-order valence-electron chi connectivity index (χ0n) is 6.35. The molecule has 1 aliphatic rings. The van der Waals surface area contributed by atoms with E-state index in [-0.39, 0.29) is 11.8 Å². The Morgan fingerprint density at radius 3 is 2.70 bits per heavy atom. The summed E-state index contributed by atoms with van der Waals surface area (Å²) in [5.41, 5.74) is -1.13. The maximum Gasteiger partial charge on any atom is 0.252 e. The molecule has 0 aromatic rings. The number of amides is 1. The molecule has 0 saturated carbocycles. The van der Waals surface area contributed by atoms with Gasteiger partial charge in [-0.3, -0.25) is 4.79 Å². The molecular formula is C7H13NO2. The summed E-state index contributed by atoms with van der Waals surface area (Å²) in [6.45, 7) is 4.16. The molecular weight excluding hydrogens is 130 g/mol. The molecule has 1 amide bonds. The quantitative estimate of drug-likeness (QED) is 0.538. The lowest BCUT2D eigenvalue weighted by Gasteiger charge is -2.19. The third kappa shape index (κ3) is 0.904. The number of nitrogens with one attached hydrogen (secondary N) is 1. The first-order valence-corrected chi connectivity index (χ1v) is 3.59. The number of hydrogen-bond acceptors (Lipinski definition) is 2. The molecule has 3 nitrogen and oxygen atoms in total. The largest absolute Gasteiger partial charge is 0.380 e. The predicted octanol–water partition coefficient (Wildman–Crippen LogP) is -0.107. The van der Waals surface area contributed by atoms with Crippen LogP contribution in [0.15, 0.2) is 0 Å². The lowest BCUT2D eigenvalue weighted by atomic mass is 9.90. The van der Waals surface area contributed by atoms with Gasteiger partial charge in [0, 0.05) is 12.5 Å². The van der Waals surface area contributed by atoms with Gasteiger partial charge in [-0.15, -0.1) is 0 Å². The average Bonchev–Trinajstić information content (AvgIpc) is 2.10. The van der Waals surface area contributed by atoms with Gasteiger partial charge in [0.05, 0.1) is 0 Å². The van der Waals surface area contributed by atoms with E-state index in [1.165, 1.54) is 0 Å². The number of hydrogen-bond donors (Lipinski definition) is 2. The second-order valence-corrected chi connectivity index (χ2v) is 2.96. The second kappa shape index (κ2) is 2.23. The zero-order chi connectivity index (χ0) is 7.78. The third-order valence-corrected chi connectivity index (χ3v) is 2.26. The number of carbonyl (C=O) groups is 1. The Hall–Kier alpha value is -0.570. The Labute approximate surface area is 60.4 Å². The molecule has 2 N–H and O–H groups in total. The molecule has 0 spiro atoms. The number of carbonyl (C=O) groups excluding carboxylic acids is 1. The van der Waals surface area contributed by atoms with Gasteiger partial charge in [0.1, 0.15) is 5.60 Å². The highest BCUT2D eigenvalue weighted by molar-refractivity contribution is 5.87. The van der Waals surface area contributed by atoms with Crippen LogP contribution in [-0.2, 0) is 4.79 Å². The van der Waals surface area contributed by atoms with Crippen molar-refractivity contribution >= 4 is 5.91 Å². The van der Waals surface area contributed by atoms with Crippen molar-refractivity contribution in [3.05, 3.63) is 0 Å². The molecule has 0 aromatic carbocycles. The number of rotatable bonds is 1. The first-order valence-electron chi connectivity index (χ1n) is 3.59. The van der Waals surface area contributed by atoms with Gasteiger partial charge in [-0.25, -0.2) is 0 Å².